The van der Waals surface area contributed by atoms with Gasteiger partial charge in [0.25, 0.3) is 10.0 Å². The molecule has 0 radical (unpaired) electrons. The molecule has 40 heavy (non-hydrogen) atoms. The molecular formula is C29H32Cl3N3O4S. The van der Waals surface area contributed by atoms with E-state index in [0.29, 0.717) is 17.9 Å². The van der Waals surface area contributed by atoms with Gasteiger partial charge in [0.2, 0.25) is 11.8 Å². The van der Waals surface area contributed by atoms with E-state index in [-0.39, 0.29) is 39.1 Å². The maximum Gasteiger partial charge on any atom is 0.264 e. The normalized spacial score (nSPS) is 12.8. The Labute approximate surface area is 251 Å². The molecule has 2 amide bonds. The Kier molecular flexibility index (Phi) is 11.3. The minimum Gasteiger partial charge on any atom is -0.352 e. The molecule has 0 aromatic heterocycles. The lowest BCUT2D eigenvalue weighted by Gasteiger charge is -2.33. The smallest absolute Gasteiger partial charge is 0.264 e. The summed E-state index contributed by atoms with van der Waals surface area (Å²) >= 11 is 18.4. The number of carbonyl (C=O) groups excluding carboxylic acids is 2. The first-order valence-electron chi connectivity index (χ1n) is 12.8. The molecule has 214 valence electrons. The standard InChI is InChI=1S/C29H32Cl3N3O4S/c1-4-20(3)33-29(37)27(5-2)34(18-21-11-13-22(30)14-12-21)28(36)19-35(23-15-16-25(31)26(32)17-23)40(38,39)24-9-7-6-8-10-24/h6-17,20,27H,4-5,18-19H2,1-3H3,(H,33,37)/t20-,27+/m0/s1. The topological polar surface area (TPSA) is 86.8 Å². The molecule has 0 saturated carbocycles. The molecule has 0 heterocycles. The van der Waals surface area contributed by atoms with Crippen LogP contribution in [0.25, 0.3) is 0 Å². The van der Waals surface area contributed by atoms with Crippen LogP contribution in [0.4, 0.5) is 5.69 Å². The van der Waals surface area contributed by atoms with Gasteiger partial charge in [-0.05, 0) is 67.8 Å². The molecule has 0 bridgehead atoms. The Balaban J connectivity index is 2.06. The van der Waals surface area contributed by atoms with E-state index >= 15 is 0 Å². The molecule has 7 nitrogen and oxygen atoms in total. The first-order valence-corrected chi connectivity index (χ1v) is 15.4. The van der Waals surface area contributed by atoms with Crippen LogP contribution in [0.2, 0.25) is 15.1 Å². The van der Waals surface area contributed by atoms with Gasteiger partial charge < -0.3 is 10.2 Å². The van der Waals surface area contributed by atoms with E-state index in [1.807, 2.05) is 13.8 Å². The third-order valence-electron chi connectivity index (χ3n) is 6.45. The molecule has 0 unspecified atom stereocenters. The second-order valence-electron chi connectivity index (χ2n) is 9.31. The molecule has 3 aromatic rings. The summed E-state index contributed by atoms with van der Waals surface area (Å²) < 4.78 is 28.6. The van der Waals surface area contributed by atoms with Crippen LogP contribution in [-0.2, 0) is 26.2 Å². The van der Waals surface area contributed by atoms with Crippen LogP contribution in [0.3, 0.4) is 0 Å². The quantitative estimate of drug-likeness (QED) is 0.247. The first-order chi connectivity index (χ1) is 19.0. The predicted molar refractivity (Wildman–Crippen MR) is 161 cm³/mol. The molecule has 0 aliphatic carbocycles. The largest absolute Gasteiger partial charge is 0.352 e. The summed E-state index contributed by atoms with van der Waals surface area (Å²) in [5.41, 5.74) is 0.898. The lowest BCUT2D eigenvalue weighted by molar-refractivity contribution is -0.140. The average Bonchev–Trinajstić information content (AvgIpc) is 2.94. The lowest BCUT2D eigenvalue weighted by atomic mass is 10.1. The summed E-state index contributed by atoms with van der Waals surface area (Å²) in [5, 5.41) is 3.86. The second kappa shape index (κ2) is 14.2. The van der Waals surface area contributed by atoms with Crippen molar-refractivity contribution in [1.29, 1.82) is 0 Å². The van der Waals surface area contributed by atoms with Gasteiger partial charge in [0, 0.05) is 17.6 Å². The van der Waals surface area contributed by atoms with Crippen molar-refractivity contribution in [3.63, 3.8) is 0 Å². The third-order valence-corrected chi connectivity index (χ3v) is 9.23. The number of rotatable bonds is 12. The summed E-state index contributed by atoms with van der Waals surface area (Å²) in [4.78, 5) is 28.8. The fourth-order valence-corrected chi connectivity index (χ4v) is 5.88. The van der Waals surface area contributed by atoms with Crippen molar-refractivity contribution in [2.24, 2.45) is 0 Å². The SMILES string of the molecule is CC[C@H](C(=O)N[C@@H](C)CC)N(Cc1ccc(Cl)cc1)C(=O)CN(c1ccc(Cl)c(Cl)c1)S(=O)(=O)c1ccccc1. The highest BCUT2D eigenvalue weighted by Gasteiger charge is 2.34. The number of benzene rings is 3. The summed E-state index contributed by atoms with van der Waals surface area (Å²) in [6.45, 7) is 5.14. The highest BCUT2D eigenvalue weighted by molar-refractivity contribution is 7.92. The minimum atomic E-state index is -4.20. The van der Waals surface area contributed by atoms with Gasteiger partial charge in [-0.1, -0.05) is 79.0 Å². The summed E-state index contributed by atoms with van der Waals surface area (Å²) in [7, 11) is -4.20. The Morgan fingerprint density at radius 2 is 1.52 bits per heavy atom. The van der Waals surface area contributed by atoms with Crippen molar-refractivity contribution in [3.05, 3.63) is 93.4 Å². The predicted octanol–water partition coefficient (Wildman–Crippen LogP) is 6.56. The fourth-order valence-electron chi connectivity index (χ4n) is 4.04. The number of halogens is 3. The molecule has 2 atom stereocenters. The van der Waals surface area contributed by atoms with Crippen LogP contribution in [0.1, 0.15) is 39.2 Å². The van der Waals surface area contributed by atoms with E-state index in [4.69, 9.17) is 34.8 Å². The van der Waals surface area contributed by atoms with Gasteiger partial charge in [-0.25, -0.2) is 8.42 Å². The van der Waals surface area contributed by atoms with Crippen LogP contribution in [0.5, 0.6) is 0 Å². The zero-order valence-corrected chi connectivity index (χ0v) is 25.6. The number of amides is 2. The Hall–Kier alpha value is -2.78. The van der Waals surface area contributed by atoms with E-state index in [2.05, 4.69) is 5.32 Å². The van der Waals surface area contributed by atoms with E-state index in [1.165, 1.54) is 35.2 Å². The van der Waals surface area contributed by atoms with Crippen molar-refractivity contribution in [1.82, 2.24) is 10.2 Å². The van der Waals surface area contributed by atoms with Gasteiger partial charge in [-0.15, -0.1) is 0 Å². The average molecular weight is 625 g/mol. The number of nitrogens with one attached hydrogen (secondary N) is 1. The van der Waals surface area contributed by atoms with Gasteiger partial charge >= 0.3 is 0 Å². The molecular weight excluding hydrogens is 593 g/mol. The molecule has 3 rings (SSSR count). The Morgan fingerprint density at radius 1 is 0.875 bits per heavy atom. The van der Waals surface area contributed by atoms with Crippen molar-refractivity contribution in [2.45, 2.75) is 57.1 Å². The van der Waals surface area contributed by atoms with Crippen molar-refractivity contribution in [2.75, 3.05) is 10.8 Å². The zero-order chi connectivity index (χ0) is 29.4. The van der Waals surface area contributed by atoms with Crippen LogP contribution in [0, 0.1) is 0 Å². The van der Waals surface area contributed by atoms with Crippen molar-refractivity contribution < 1.29 is 18.0 Å². The van der Waals surface area contributed by atoms with Crippen LogP contribution >= 0.6 is 34.8 Å². The lowest BCUT2D eigenvalue weighted by Crippen LogP contribution is -2.53. The monoisotopic (exact) mass is 623 g/mol. The van der Waals surface area contributed by atoms with Crippen LogP contribution < -0.4 is 9.62 Å². The number of nitrogens with zero attached hydrogens (tertiary/aromatic N) is 2. The molecule has 1 N–H and O–H groups in total. The fraction of sp³-hybridized carbons (Fsp3) is 0.310. The molecule has 3 aromatic carbocycles. The number of anilines is 1. The Morgan fingerprint density at radius 3 is 2.10 bits per heavy atom. The zero-order valence-electron chi connectivity index (χ0n) is 22.5. The molecule has 0 aliphatic rings. The number of hydrogen-bond donors (Lipinski definition) is 1. The second-order valence-corrected chi connectivity index (χ2v) is 12.4. The summed E-state index contributed by atoms with van der Waals surface area (Å²) in [5.74, 6) is -0.877. The summed E-state index contributed by atoms with van der Waals surface area (Å²) in [6.07, 6.45) is 1.04. The van der Waals surface area contributed by atoms with E-state index < -0.39 is 28.5 Å². The van der Waals surface area contributed by atoms with Crippen LogP contribution in [-0.4, -0.2) is 43.8 Å². The number of sulfonamides is 1. The first kappa shape index (κ1) is 31.7. The minimum absolute atomic E-state index is 0.000297. The Bertz CT molecular complexity index is 1420. The third kappa shape index (κ3) is 7.91. The molecule has 0 fully saturated rings. The number of carbonyl (C=O) groups is 2. The molecule has 11 heteroatoms. The van der Waals surface area contributed by atoms with Crippen LogP contribution in [0.15, 0.2) is 77.7 Å². The van der Waals surface area contributed by atoms with Gasteiger partial charge in [0.15, 0.2) is 0 Å². The van der Waals surface area contributed by atoms with Gasteiger partial charge in [0.1, 0.15) is 12.6 Å². The maximum atomic E-state index is 14.0. The highest BCUT2D eigenvalue weighted by Crippen LogP contribution is 2.31. The molecule has 0 saturated heterocycles. The molecule has 0 aliphatic heterocycles. The van der Waals surface area contributed by atoms with Gasteiger partial charge in [-0.3, -0.25) is 13.9 Å². The van der Waals surface area contributed by atoms with E-state index in [1.54, 1.807) is 49.4 Å². The van der Waals surface area contributed by atoms with E-state index in [9.17, 15) is 18.0 Å². The summed E-state index contributed by atoms with van der Waals surface area (Å²) in [6, 6.07) is 18.1. The van der Waals surface area contributed by atoms with Gasteiger partial charge in [0.05, 0.1) is 20.6 Å². The van der Waals surface area contributed by atoms with Crippen molar-refractivity contribution in [3.8, 4) is 0 Å². The number of hydrogen-bond acceptors (Lipinski definition) is 4. The van der Waals surface area contributed by atoms with E-state index in [0.717, 1.165) is 9.87 Å². The van der Waals surface area contributed by atoms with Crippen molar-refractivity contribution >= 4 is 62.3 Å². The van der Waals surface area contributed by atoms with Gasteiger partial charge in [-0.2, -0.15) is 0 Å². The highest BCUT2D eigenvalue weighted by atomic mass is 35.5. The molecule has 0 spiro atoms. The maximum absolute atomic E-state index is 14.0.